The molecule has 0 unspecified atom stereocenters. The topological polar surface area (TPSA) is 52.9 Å². The van der Waals surface area contributed by atoms with Crippen molar-refractivity contribution in [2.75, 3.05) is 0 Å². The minimum atomic E-state index is -0.974. The summed E-state index contributed by atoms with van der Waals surface area (Å²) in [5.74, 6) is -0.265. The fraction of sp³-hybridized carbons (Fsp3) is 0. The van der Waals surface area contributed by atoms with Crippen molar-refractivity contribution in [1.29, 1.82) is 0 Å². The molecule has 70 valence electrons. The molecule has 0 aromatic heterocycles. The maximum atomic E-state index is 10.7. The minimum Gasteiger partial charge on any atom is -0.478 e. The first-order valence-corrected chi connectivity index (χ1v) is 4.10. The monoisotopic (exact) mass is 188 g/mol. The van der Waals surface area contributed by atoms with Crippen molar-refractivity contribution in [3.05, 3.63) is 48.1 Å². The molecule has 0 amide bonds. The van der Waals surface area contributed by atoms with E-state index >= 15 is 0 Å². The summed E-state index contributed by atoms with van der Waals surface area (Å²) in [5.41, 5.74) is 0.175. The van der Waals surface area contributed by atoms with Crippen molar-refractivity contribution in [2.24, 2.45) is 4.99 Å². The maximum absolute atomic E-state index is 10.7. The van der Waals surface area contributed by atoms with Gasteiger partial charge in [-0.3, -0.25) is 0 Å². The van der Waals surface area contributed by atoms with E-state index in [1.165, 1.54) is 12.4 Å². The van der Waals surface area contributed by atoms with Gasteiger partial charge in [-0.05, 0) is 12.2 Å². The number of rotatable bonds is 1. The third-order valence-electron chi connectivity index (χ3n) is 1.84. The van der Waals surface area contributed by atoms with E-state index in [1.807, 2.05) is 24.3 Å². The van der Waals surface area contributed by atoms with Crippen LogP contribution in [0.25, 0.3) is 0 Å². The summed E-state index contributed by atoms with van der Waals surface area (Å²) in [4.78, 5) is 16.4. The smallest absolute Gasteiger partial charge is 0.338 e. The van der Waals surface area contributed by atoms with E-state index in [4.69, 9.17) is 5.11 Å². The molecule has 0 radical (unpaired) electrons. The Labute approximate surface area is 80.9 Å². The highest BCUT2D eigenvalue weighted by atomic mass is 16.4. The summed E-state index contributed by atoms with van der Waals surface area (Å²) in [6, 6.07) is 0. The van der Waals surface area contributed by atoms with E-state index in [9.17, 15) is 4.79 Å². The number of aliphatic carboxylic acids is 1. The van der Waals surface area contributed by atoms with Gasteiger partial charge in [0.2, 0.25) is 0 Å². The summed E-state index contributed by atoms with van der Waals surface area (Å²) in [6.45, 7) is 0. The van der Waals surface area contributed by atoms with Gasteiger partial charge in [-0.2, -0.15) is 0 Å². The second kappa shape index (κ2) is 3.33. The number of carbonyl (C=O) groups is 1. The highest BCUT2D eigenvalue weighted by Crippen LogP contribution is 2.16. The van der Waals surface area contributed by atoms with Gasteiger partial charge >= 0.3 is 5.97 Å². The Morgan fingerprint density at radius 1 is 1.36 bits per heavy atom. The Bertz CT molecular complexity index is 414. The molecular weight excluding hydrogens is 180 g/mol. The zero-order valence-corrected chi connectivity index (χ0v) is 7.29. The molecule has 0 bridgehead atoms. The first kappa shape index (κ1) is 8.50. The molecule has 0 aromatic rings. The van der Waals surface area contributed by atoms with Crippen LogP contribution in [0.15, 0.2) is 53.1 Å². The molecule has 0 saturated carbocycles. The first-order chi connectivity index (χ1) is 6.77. The van der Waals surface area contributed by atoms with Crippen LogP contribution < -0.4 is 0 Å². The number of fused-ring (bicyclic) bond motifs is 1. The lowest BCUT2D eigenvalue weighted by atomic mass is 10.3. The molecule has 0 aliphatic carbocycles. The number of hydrogen-bond donors (Lipinski definition) is 1. The van der Waals surface area contributed by atoms with Crippen LogP contribution >= 0.6 is 0 Å². The number of allylic oxidation sites excluding steroid dienone is 4. The lowest BCUT2D eigenvalue weighted by molar-refractivity contribution is -0.132. The molecular formula is C10H8N2O2. The van der Waals surface area contributed by atoms with Crippen molar-refractivity contribution in [2.45, 2.75) is 0 Å². The average molecular weight is 188 g/mol. The highest BCUT2D eigenvalue weighted by molar-refractivity contribution is 6.09. The van der Waals surface area contributed by atoms with Crippen LogP contribution in [0.2, 0.25) is 0 Å². The molecule has 2 heterocycles. The molecule has 1 N–H and O–H groups in total. The van der Waals surface area contributed by atoms with Crippen LogP contribution in [0.5, 0.6) is 0 Å². The Hall–Kier alpha value is -2.10. The van der Waals surface area contributed by atoms with Crippen LogP contribution in [0.4, 0.5) is 0 Å². The fourth-order valence-corrected chi connectivity index (χ4v) is 1.16. The van der Waals surface area contributed by atoms with Gasteiger partial charge < -0.3 is 10.0 Å². The van der Waals surface area contributed by atoms with Crippen molar-refractivity contribution in [1.82, 2.24) is 4.90 Å². The lowest BCUT2D eigenvalue weighted by Gasteiger charge is -2.18. The largest absolute Gasteiger partial charge is 0.478 e. The Kier molecular flexibility index (Phi) is 2.02. The zero-order valence-electron chi connectivity index (χ0n) is 7.29. The normalized spacial score (nSPS) is 18.4. The summed E-state index contributed by atoms with van der Waals surface area (Å²) in [7, 11) is 0. The predicted molar refractivity (Wildman–Crippen MR) is 52.4 cm³/mol. The van der Waals surface area contributed by atoms with E-state index in [1.54, 1.807) is 11.1 Å². The highest BCUT2D eigenvalue weighted by Gasteiger charge is 2.13. The van der Waals surface area contributed by atoms with Crippen LogP contribution in [0, 0.1) is 0 Å². The number of nitrogens with zero attached hydrogens (tertiary/aromatic N) is 2. The Morgan fingerprint density at radius 2 is 2.21 bits per heavy atom. The van der Waals surface area contributed by atoms with Crippen molar-refractivity contribution in [3.63, 3.8) is 0 Å². The summed E-state index contributed by atoms with van der Waals surface area (Å²) in [5, 5.41) is 8.75. The van der Waals surface area contributed by atoms with Crippen molar-refractivity contribution in [3.8, 4) is 0 Å². The summed E-state index contributed by atoms with van der Waals surface area (Å²) >= 11 is 0. The predicted octanol–water partition coefficient (Wildman–Crippen LogP) is 1.27. The summed E-state index contributed by atoms with van der Waals surface area (Å²) in [6.07, 6.45) is 12.0. The molecule has 14 heavy (non-hydrogen) atoms. The van der Waals surface area contributed by atoms with Crippen LogP contribution in [-0.2, 0) is 4.79 Å². The van der Waals surface area contributed by atoms with Gasteiger partial charge in [-0.25, -0.2) is 9.79 Å². The van der Waals surface area contributed by atoms with Gasteiger partial charge in [-0.15, -0.1) is 0 Å². The molecule has 0 saturated heterocycles. The third-order valence-corrected chi connectivity index (χ3v) is 1.84. The molecule has 0 spiro atoms. The molecule has 2 aliphatic heterocycles. The van der Waals surface area contributed by atoms with Gasteiger partial charge in [0.05, 0.1) is 5.57 Å². The maximum Gasteiger partial charge on any atom is 0.338 e. The molecule has 2 aliphatic rings. The van der Waals surface area contributed by atoms with Gasteiger partial charge in [-0.1, -0.05) is 12.2 Å². The van der Waals surface area contributed by atoms with Gasteiger partial charge in [0.1, 0.15) is 5.82 Å². The zero-order chi connectivity index (χ0) is 9.97. The molecule has 0 atom stereocenters. The van der Waals surface area contributed by atoms with E-state index < -0.39 is 5.97 Å². The quantitative estimate of drug-likeness (QED) is 0.674. The average Bonchev–Trinajstić information content (AvgIpc) is 2.41. The SMILES string of the molecule is O=C(O)C1=CN2C=CC=CC=C2N=C1. The van der Waals surface area contributed by atoms with Crippen molar-refractivity contribution < 1.29 is 9.90 Å². The molecule has 0 aromatic carbocycles. The Morgan fingerprint density at radius 3 is 3.00 bits per heavy atom. The number of aliphatic imine (C=N–C) groups is 1. The second-order valence-corrected chi connectivity index (χ2v) is 2.81. The van der Waals surface area contributed by atoms with Crippen LogP contribution in [0.3, 0.4) is 0 Å². The molecule has 4 nitrogen and oxygen atoms in total. The molecule has 0 fully saturated rings. The van der Waals surface area contributed by atoms with E-state index in [0.717, 1.165) is 0 Å². The first-order valence-electron chi connectivity index (χ1n) is 4.10. The second-order valence-electron chi connectivity index (χ2n) is 2.81. The number of carboxylic acids is 1. The van der Waals surface area contributed by atoms with Gasteiger partial charge in [0.25, 0.3) is 0 Å². The van der Waals surface area contributed by atoms with Gasteiger partial charge in [0, 0.05) is 18.6 Å². The third kappa shape index (κ3) is 1.50. The van der Waals surface area contributed by atoms with Crippen LogP contribution in [0.1, 0.15) is 0 Å². The number of carboxylic acid groups (broad SMARTS) is 1. The van der Waals surface area contributed by atoms with Crippen LogP contribution in [-0.4, -0.2) is 22.2 Å². The Balaban J connectivity index is 2.36. The van der Waals surface area contributed by atoms with Crippen molar-refractivity contribution >= 4 is 12.2 Å². The van der Waals surface area contributed by atoms with E-state index in [2.05, 4.69) is 4.99 Å². The van der Waals surface area contributed by atoms with E-state index in [-0.39, 0.29) is 5.57 Å². The summed E-state index contributed by atoms with van der Waals surface area (Å²) < 4.78 is 0. The molecule has 2 rings (SSSR count). The molecule has 4 heteroatoms. The number of hydrogen-bond acceptors (Lipinski definition) is 3. The fourth-order valence-electron chi connectivity index (χ4n) is 1.16. The standard InChI is InChI=1S/C10H8N2O2/c13-10(14)8-6-11-9-4-2-1-3-5-12(9)7-8/h1-7H,(H,13,14). The minimum absolute atomic E-state index is 0.175. The lowest BCUT2D eigenvalue weighted by Crippen LogP contribution is -2.16. The van der Waals surface area contributed by atoms with Gasteiger partial charge in [0.15, 0.2) is 0 Å². The van der Waals surface area contributed by atoms with E-state index in [0.29, 0.717) is 5.82 Å².